The number of hydrogen-bond acceptors (Lipinski definition) is 2. The molecule has 0 spiro atoms. The van der Waals surface area contributed by atoms with E-state index in [1.54, 1.807) is 0 Å². The van der Waals surface area contributed by atoms with E-state index in [9.17, 15) is 0 Å². The van der Waals surface area contributed by atoms with Gasteiger partial charge in [-0.15, -0.1) is 0 Å². The molecule has 10 rings (SSSR count). The Morgan fingerprint density at radius 3 is 1.88 bits per heavy atom. The molecule has 3 heterocycles. The van der Waals surface area contributed by atoms with Gasteiger partial charge in [-0.3, -0.25) is 4.57 Å². The first kappa shape index (κ1) is 28.7. The molecule has 0 aliphatic heterocycles. The van der Waals surface area contributed by atoms with E-state index in [1.165, 1.54) is 60.1 Å². The van der Waals surface area contributed by atoms with Crippen LogP contribution in [-0.2, 0) is 0 Å². The molecule has 9 aromatic rings. The molecular weight excluding hydrogens is 609 g/mol. The fourth-order valence-corrected chi connectivity index (χ4v) is 8.14. The van der Waals surface area contributed by atoms with Crippen LogP contribution in [0.15, 0.2) is 146 Å². The summed E-state index contributed by atoms with van der Waals surface area (Å²) in [7, 11) is 0. The van der Waals surface area contributed by atoms with Crippen molar-refractivity contribution >= 4 is 55.9 Å². The SMILES string of the molecule is Cc1nc2ccccc2nc1-n1c2c(c3cc(-c4ccc5c(c4)c4ccccc4n5-c4ccccc4)ccc31)=CC(C)C(c1ccccc1)C=2. The van der Waals surface area contributed by atoms with Gasteiger partial charge in [0.25, 0.3) is 0 Å². The Kier molecular flexibility index (Phi) is 6.40. The van der Waals surface area contributed by atoms with E-state index in [0.29, 0.717) is 5.92 Å². The van der Waals surface area contributed by atoms with Gasteiger partial charge < -0.3 is 4.57 Å². The van der Waals surface area contributed by atoms with E-state index in [1.807, 2.05) is 18.2 Å². The number of aromatic nitrogens is 4. The zero-order valence-corrected chi connectivity index (χ0v) is 28.0. The highest BCUT2D eigenvalue weighted by Gasteiger charge is 2.24. The molecule has 0 saturated carbocycles. The summed E-state index contributed by atoms with van der Waals surface area (Å²) in [5.41, 5.74) is 11.2. The molecule has 0 fully saturated rings. The highest BCUT2D eigenvalue weighted by molar-refractivity contribution is 6.10. The van der Waals surface area contributed by atoms with Crippen molar-refractivity contribution in [2.75, 3.05) is 0 Å². The van der Waals surface area contributed by atoms with Crippen molar-refractivity contribution in [3.63, 3.8) is 0 Å². The van der Waals surface area contributed by atoms with Gasteiger partial charge >= 0.3 is 0 Å². The molecule has 0 bridgehead atoms. The van der Waals surface area contributed by atoms with Crippen LogP contribution in [0.25, 0.3) is 78.5 Å². The third kappa shape index (κ3) is 4.38. The van der Waals surface area contributed by atoms with Crippen molar-refractivity contribution in [3.05, 3.63) is 167 Å². The maximum Gasteiger partial charge on any atom is 0.159 e. The van der Waals surface area contributed by atoms with Gasteiger partial charge in [0.15, 0.2) is 5.82 Å². The lowest BCUT2D eigenvalue weighted by molar-refractivity contribution is 0.690. The van der Waals surface area contributed by atoms with Gasteiger partial charge in [-0.2, -0.15) is 0 Å². The Hall–Kier alpha value is -6.26. The molecule has 0 radical (unpaired) electrons. The summed E-state index contributed by atoms with van der Waals surface area (Å²) in [6.07, 6.45) is 4.92. The normalized spacial score (nSPS) is 15.7. The molecule has 4 nitrogen and oxygen atoms in total. The molecule has 4 heteroatoms. The van der Waals surface area contributed by atoms with Crippen LogP contribution in [0.3, 0.4) is 0 Å². The summed E-state index contributed by atoms with van der Waals surface area (Å²) < 4.78 is 4.72. The molecule has 0 amide bonds. The van der Waals surface area contributed by atoms with E-state index in [4.69, 9.17) is 9.97 Å². The van der Waals surface area contributed by atoms with E-state index < -0.39 is 0 Å². The highest BCUT2D eigenvalue weighted by Crippen LogP contribution is 2.36. The van der Waals surface area contributed by atoms with Crippen LogP contribution in [0, 0.1) is 12.8 Å². The number of nitrogens with zero attached hydrogens (tertiary/aromatic N) is 4. The van der Waals surface area contributed by atoms with Gasteiger partial charge in [-0.25, -0.2) is 9.97 Å². The Balaban J connectivity index is 1.22. The standard InChI is InChI=1S/C46H34N4/c1-29-25-37-39-27-33(32-21-23-43-38(26-32)35-17-9-12-20-42(35)49(43)34-15-7-4-8-16-34)22-24-44(39)50(45(37)28-36(29)31-13-5-3-6-14-31)46-30(2)47-40-18-10-11-19-41(40)48-46/h3-29,36H,1-2H3. The number of aryl methyl sites for hydroxylation is 1. The first-order valence-corrected chi connectivity index (χ1v) is 17.4. The largest absolute Gasteiger partial charge is 0.309 e. The van der Waals surface area contributed by atoms with E-state index in [-0.39, 0.29) is 5.92 Å². The lowest BCUT2D eigenvalue weighted by atomic mass is 9.83. The molecule has 1 aliphatic rings. The third-order valence-corrected chi connectivity index (χ3v) is 10.5. The summed E-state index contributed by atoms with van der Waals surface area (Å²) in [6, 6.07) is 52.2. The van der Waals surface area contributed by atoms with Crippen molar-refractivity contribution in [3.8, 4) is 22.6 Å². The smallest absolute Gasteiger partial charge is 0.159 e. The van der Waals surface area contributed by atoms with Crippen LogP contribution in [0.5, 0.6) is 0 Å². The number of hydrogen-bond donors (Lipinski definition) is 0. The Morgan fingerprint density at radius 2 is 1.12 bits per heavy atom. The number of rotatable bonds is 4. The predicted molar refractivity (Wildman–Crippen MR) is 207 cm³/mol. The lowest BCUT2D eigenvalue weighted by Crippen LogP contribution is -2.35. The zero-order valence-electron chi connectivity index (χ0n) is 28.0. The third-order valence-electron chi connectivity index (χ3n) is 10.5. The molecule has 238 valence electrons. The molecule has 50 heavy (non-hydrogen) atoms. The number of fused-ring (bicyclic) bond motifs is 7. The lowest BCUT2D eigenvalue weighted by Gasteiger charge is -2.21. The van der Waals surface area contributed by atoms with Crippen molar-refractivity contribution in [2.45, 2.75) is 19.8 Å². The second kappa shape index (κ2) is 11.1. The fraction of sp³-hybridized carbons (Fsp3) is 0.0870. The summed E-state index contributed by atoms with van der Waals surface area (Å²) in [5, 5.41) is 6.18. The minimum absolute atomic E-state index is 0.254. The number of para-hydroxylation sites is 4. The summed E-state index contributed by atoms with van der Waals surface area (Å²) in [6.45, 7) is 4.41. The van der Waals surface area contributed by atoms with E-state index in [2.05, 4.69) is 163 Å². The minimum atomic E-state index is 0.254. The van der Waals surface area contributed by atoms with Gasteiger partial charge in [0.2, 0.25) is 0 Å². The van der Waals surface area contributed by atoms with Crippen LogP contribution in [0.4, 0.5) is 0 Å². The van der Waals surface area contributed by atoms with Crippen molar-refractivity contribution in [2.24, 2.45) is 5.92 Å². The Morgan fingerprint density at radius 1 is 0.520 bits per heavy atom. The van der Waals surface area contributed by atoms with Gasteiger partial charge in [0, 0.05) is 33.0 Å². The van der Waals surface area contributed by atoms with E-state index in [0.717, 1.165) is 28.1 Å². The molecule has 0 saturated heterocycles. The number of benzene rings is 6. The molecule has 1 aliphatic carbocycles. The summed E-state index contributed by atoms with van der Waals surface area (Å²) >= 11 is 0. The molecule has 2 atom stereocenters. The van der Waals surface area contributed by atoms with Crippen molar-refractivity contribution in [1.82, 2.24) is 19.1 Å². The second-order valence-corrected chi connectivity index (χ2v) is 13.5. The predicted octanol–water partition coefficient (Wildman–Crippen LogP) is 9.64. The average molecular weight is 643 g/mol. The maximum absolute atomic E-state index is 5.23. The second-order valence-electron chi connectivity index (χ2n) is 13.5. The summed E-state index contributed by atoms with van der Waals surface area (Å²) in [4.78, 5) is 10.2. The first-order chi connectivity index (χ1) is 24.6. The van der Waals surface area contributed by atoms with E-state index >= 15 is 0 Å². The highest BCUT2D eigenvalue weighted by atomic mass is 15.1. The molecule has 2 unspecified atom stereocenters. The molecule has 6 aromatic carbocycles. The minimum Gasteiger partial charge on any atom is -0.309 e. The van der Waals surface area contributed by atoms with Gasteiger partial charge in [0.05, 0.1) is 38.6 Å². The zero-order chi connectivity index (χ0) is 33.3. The van der Waals surface area contributed by atoms with Gasteiger partial charge in [-0.1, -0.05) is 110 Å². The van der Waals surface area contributed by atoms with Gasteiger partial charge in [-0.05, 0) is 84.1 Å². The van der Waals surface area contributed by atoms with Crippen LogP contribution >= 0.6 is 0 Å². The topological polar surface area (TPSA) is 35.6 Å². The van der Waals surface area contributed by atoms with Crippen LogP contribution < -0.4 is 10.6 Å². The molecule has 0 N–H and O–H groups in total. The van der Waals surface area contributed by atoms with Crippen LogP contribution in [0.2, 0.25) is 0 Å². The maximum atomic E-state index is 5.23. The first-order valence-electron chi connectivity index (χ1n) is 17.4. The fourth-order valence-electron chi connectivity index (χ4n) is 8.14. The quantitative estimate of drug-likeness (QED) is 0.192. The van der Waals surface area contributed by atoms with Crippen molar-refractivity contribution in [1.29, 1.82) is 0 Å². The van der Waals surface area contributed by atoms with Crippen LogP contribution in [0.1, 0.15) is 24.1 Å². The van der Waals surface area contributed by atoms with Gasteiger partial charge in [0.1, 0.15) is 0 Å². The Bertz CT molecular complexity index is 2900. The van der Waals surface area contributed by atoms with Crippen molar-refractivity contribution < 1.29 is 0 Å². The monoisotopic (exact) mass is 642 g/mol. The van der Waals surface area contributed by atoms with Crippen LogP contribution in [-0.4, -0.2) is 19.1 Å². The Labute approximate surface area is 289 Å². The average Bonchev–Trinajstić information content (AvgIpc) is 3.66. The molecule has 3 aromatic heterocycles. The summed E-state index contributed by atoms with van der Waals surface area (Å²) in [5.74, 6) is 1.46. The molecular formula is C46H34N4.